The van der Waals surface area contributed by atoms with E-state index < -0.39 is 5.41 Å². The van der Waals surface area contributed by atoms with Gasteiger partial charge in [0.25, 0.3) is 0 Å². The maximum absolute atomic E-state index is 13.8. The van der Waals surface area contributed by atoms with E-state index in [0.717, 1.165) is 12.0 Å². The maximum atomic E-state index is 13.8. The minimum absolute atomic E-state index is 0.0628. The first-order valence-electron chi connectivity index (χ1n) is 11.9. The number of likely N-dealkylation sites (tertiary alicyclic amines) is 2. The fraction of sp³-hybridized carbons (Fsp3) is 0.444. The second-order valence-corrected chi connectivity index (χ2v) is 9.59. The number of halogens is 1. The zero-order valence-corrected chi connectivity index (χ0v) is 20.9. The van der Waals surface area contributed by atoms with Crippen LogP contribution in [-0.2, 0) is 24.5 Å². The van der Waals surface area contributed by atoms with Gasteiger partial charge in [-0.15, -0.1) is 0 Å². The molecule has 0 bridgehead atoms. The summed E-state index contributed by atoms with van der Waals surface area (Å²) in [6.45, 7) is 1.81. The topological polar surface area (TPSA) is 76.2 Å². The number of rotatable bonds is 9. The lowest BCUT2D eigenvalue weighted by atomic mass is 9.75. The van der Waals surface area contributed by atoms with E-state index in [4.69, 9.17) is 21.1 Å². The summed E-state index contributed by atoms with van der Waals surface area (Å²) in [6.07, 6.45) is 1.18. The number of carbonyl (C=O) groups is 3. The molecule has 0 aromatic heterocycles. The first-order chi connectivity index (χ1) is 16.9. The zero-order chi connectivity index (χ0) is 25.0. The van der Waals surface area contributed by atoms with Crippen molar-refractivity contribution < 1.29 is 23.9 Å². The summed E-state index contributed by atoms with van der Waals surface area (Å²) >= 11 is 6.39. The second kappa shape index (κ2) is 10.8. The van der Waals surface area contributed by atoms with E-state index in [1.54, 1.807) is 30.2 Å². The fourth-order valence-electron chi connectivity index (χ4n) is 5.29. The standard InChI is InChI=1S/C27H31ClN2O5/c1-34-15-7-13-30-25(32)17-27(26(30)33,21-9-4-6-11-23(21)35-2)16-24(31)29-14-12-19(18-29)20-8-3-5-10-22(20)28/h3-6,8-11,19H,7,12-18H2,1-2H3/t19-,27+/m0/s1. The van der Waals surface area contributed by atoms with Crippen molar-refractivity contribution in [1.29, 1.82) is 0 Å². The van der Waals surface area contributed by atoms with Gasteiger partial charge in [0.2, 0.25) is 17.7 Å². The summed E-state index contributed by atoms with van der Waals surface area (Å²) in [7, 11) is 3.11. The average molecular weight is 499 g/mol. The van der Waals surface area contributed by atoms with Gasteiger partial charge in [-0.3, -0.25) is 19.3 Å². The minimum Gasteiger partial charge on any atom is -0.496 e. The number of nitrogens with zero attached hydrogens (tertiary/aromatic N) is 2. The molecule has 7 nitrogen and oxygen atoms in total. The monoisotopic (exact) mass is 498 g/mol. The smallest absolute Gasteiger partial charge is 0.241 e. The number of carbonyl (C=O) groups excluding carboxylic acids is 3. The van der Waals surface area contributed by atoms with E-state index >= 15 is 0 Å². The van der Waals surface area contributed by atoms with Crippen LogP contribution in [0.5, 0.6) is 5.75 Å². The molecule has 2 aromatic carbocycles. The van der Waals surface area contributed by atoms with Gasteiger partial charge < -0.3 is 14.4 Å². The molecule has 0 unspecified atom stereocenters. The maximum Gasteiger partial charge on any atom is 0.241 e. The van der Waals surface area contributed by atoms with Gasteiger partial charge in [-0.25, -0.2) is 0 Å². The molecule has 0 aliphatic carbocycles. The Kier molecular flexibility index (Phi) is 7.77. The summed E-state index contributed by atoms with van der Waals surface area (Å²) in [5, 5.41) is 0.695. The van der Waals surface area contributed by atoms with Gasteiger partial charge in [0.15, 0.2) is 0 Å². The molecule has 2 aliphatic heterocycles. The van der Waals surface area contributed by atoms with E-state index in [1.165, 1.54) is 12.0 Å². The SMILES string of the molecule is COCCCN1C(=O)C[C@](CC(=O)N2CC[C@H](c3ccccc3Cl)C2)(c2ccccc2OC)C1=O. The Balaban J connectivity index is 1.61. The van der Waals surface area contributed by atoms with E-state index in [1.807, 2.05) is 30.3 Å². The van der Waals surface area contributed by atoms with Crippen LogP contribution in [0.1, 0.15) is 42.7 Å². The highest BCUT2D eigenvalue weighted by Crippen LogP contribution is 2.44. The highest BCUT2D eigenvalue weighted by Gasteiger charge is 2.55. The van der Waals surface area contributed by atoms with Crippen LogP contribution in [0.25, 0.3) is 0 Å². The summed E-state index contributed by atoms with van der Waals surface area (Å²) in [5.74, 6) is -0.138. The summed E-state index contributed by atoms with van der Waals surface area (Å²) < 4.78 is 10.6. The summed E-state index contributed by atoms with van der Waals surface area (Å²) in [4.78, 5) is 43.5. The van der Waals surface area contributed by atoms with Crippen molar-refractivity contribution in [3.05, 3.63) is 64.7 Å². The molecule has 0 N–H and O–H groups in total. The lowest BCUT2D eigenvalue weighted by Gasteiger charge is -2.30. The van der Waals surface area contributed by atoms with Crippen LogP contribution in [0, 0.1) is 0 Å². The molecule has 0 radical (unpaired) electrons. The van der Waals surface area contributed by atoms with Crippen molar-refractivity contribution in [3.8, 4) is 5.75 Å². The molecule has 3 amide bonds. The largest absolute Gasteiger partial charge is 0.496 e. The normalized spacial score (nSPS) is 22.2. The van der Waals surface area contributed by atoms with Crippen molar-refractivity contribution in [2.45, 2.75) is 37.0 Å². The van der Waals surface area contributed by atoms with Gasteiger partial charge in [-0.2, -0.15) is 0 Å². The molecule has 0 saturated carbocycles. The van der Waals surface area contributed by atoms with E-state index in [2.05, 4.69) is 0 Å². The van der Waals surface area contributed by atoms with Crippen molar-refractivity contribution in [3.63, 3.8) is 0 Å². The third kappa shape index (κ3) is 4.93. The number of ether oxygens (including phenoxy) is 2. The van der Waals surface area contributed by atoms with Crippen LogP contribution < -0.4 is 4.74 Å². The molecular weight excluding hydrogens is 468 g/mol. The molecule has 2 aliphatic rings. The third-order valence-corrected chi connectivity index (χ3v) is 7.44. The first-order valence-corrected chi connectivity index (χ1v) is 12.3. The number of hydrogen-bond donors (Lipinski definition) is 0. The molecule has 2 aromatic rings. The quantitative estimate of drug-likeness (QED) is 0.388. The zero-order valence-electron chi connectivity index (χ0n) is 20.2. The van der Waals surface area contributed by atoms with Crippen LogP contribution in [0.3, 0.4) is 0 Å². The number of imide groups is 1. The van der Waals surface area contributed by atoms with Crippen molar-refractivity contribution in [2.75, 3.05) is 40.5 Å². The Labute approximate surface area is 210 Å². The molecule has 8 heteroatoms. The van der Waals surface area contributed by atoms with Crippen molar-refractivity contribution >= 4 is 29.3 Å². The van der Waals surface area contributed by atoms with Crippen LogP contribution in [0.15, 0.2) is 48.5 Å². The molecule has 4 rings (SSSR count). The highest BCUT2D eigenvalue weighted by molar-refractivity contribution is 6.31. The molecule has 0 spiro atoms. The molecular formula is C27H31ClN2O5. The molecule has 2 saturated heterocycles. The van der Waals surface area contributed by atoms with Crippen LogP contribution in [0.4, 0.5) is 0 Å². The molecule has 2 heterocycles. The Morgan fingerprint density at radius 2 is 1.86 bits per heavy atom. The van der Waals surface area contributed by atoms with Gasteiger partial charge in [0.05, 0.1) is 12.5 Å². The second-order valence-electron chi connectivity index (χ2n) is 9.18. The van der Waals surface area contributed by atoms with E-state index in [-0.39, 0.29) is 43.0 Å². The minimum atomic E-state index is -1.30. The molecule has 2 fully saturated rings. The average Bonchev–Trinajstić information content (AvgIpc) is 3.44. The van der Waals surface area contributed by atoms with E-state index in [9.17, 15) is 14.4 Å². The fourth-order valence-corrected chi connectivity index (χ4v) is 5.58. The van der Waals surface area contributed by atoms with Crippen LogP contribution in [-0.4, -0.2) is 68.0 Å². The number of para-hydroxylation sites is 1. The number of methoxy groups -OCH3 is 2. The van der Waals surface area contributed by atoms with Crippen molar-refractivity contribution in [2.24, 2.45) is 0 Å². The predicted octanol–water partition coefficient (Wildman–Crippen LogP) is 3.79. The van der Waals surface area contributed by atoms with Gasteiger partial charge in [0.1, 0.15) is 5.75 Å². The molecule has 2 atom stereocenters. The third-order valence-electron chi connectivity index (χ3n) is 7.10. The Morgan fingerprint density at radius 1 is 1.11 bits per heavy atom. The lowest BCUT2D eigenvalue weighted by Crippen LogP contribution is -2.43. The first kappa shape index (κ1) is 25.2. The van der Waals surface area contributed by atoms with Gasteiger partial charge in [0, 0.05) is 62.7 Å². The van der Waals surface area contributed by atoms with Gasteiger partial charge in [-0.05, 0) is 30.5 Å². The Hall–Kier alpha value is -2.90. The highest BCUT2D eigenvalue weighted by atomic mass is 35.5. The number of amides is 3. The number of benzene rings is 2. The van der Waals surface area contributed by atoms with E-state index in [0.29, 0.717) is 42.5 Å². The van der Waals surface area contributed by atoms with Crippen LogP contribution >= 0.6 is 11.6 Å². The lowest BCUT2D eigenvalue weighted by molar-refractivity contribution is -0.142. The predicted molar refractivity (Wildman–Crippen MR) is 133 cm³/mol. The molecule has 35 heavy (non-hydrogen) atoms. The van der Waals surface area contributed by atoms with Gasteiger partial charge in [-0.1, -0.05) is 48.0 Å². The molecule has 186 valence electrons. The Bertz CT molecular complexity index is 1110. The van der Waals surface area contributed by atoms with Crippen molar-refractivity contribution in [1.82, 2.24) is 9.80 Å². The Morgan fingerprint density at radius 3 is 2.60 bits per heavy atom. The summed E-state index contributed by atoms with van der Waals surface area (Å²) in [6, 6.07) is 14.9. The number of hydrogen-bond acceptors (Lipinski definition) is 5. The van der Waals surface area contributed by atoms with Crippen LogP contribution in [0.2, 0.25) is 5.02 Å². The van der Waals surface area contributed by atoms with Gasteiger partial charge >= 0.3 is 0 Å². The summed E-state index contributed by atoms with van der Waals surface area (Å²) in [5.41, 5.74) is 0.307.